The van der Waals surface area contributed by atoms with Crippen molar-refractivity contribution in [2.24, 2.45) is 7.05 Å². The van der Waals surface area contributed by atoms with Crippen LogP contribution in [0.5, 0.6) is 0 Å². The van der Waals surface area contributed by atoms with Gasteiger partial charge in [-0.15, -0.1) is 0 Å². The molecule has 4 aliphatic carbocycles. The molecule has 22 rings (SSSR count). The van der Waals surface area contributed by atoms with Gasteiger partial charge in [-0.3, -0.25) is 0 Å². The Morgan fingerprint density at radius 3 is 1.13 bits per heavy atom. The van der Waals surface area contributed by atoms with Gasteiger partial charge >= 0.3 is 0 Å². The summed E-state index contributed by atoms with van der Waals surface area (Å²) in [5, 5.41) is 10.2. The maximum atomic E-state index is 5.06. The van der Waals surface area contributed by atoms with E-state index in [1.807, 2.05) is 0 Å². The van der Waals surface area contributed by atoms with Crippen molar-refractivity contribution in [3.05, 3.63) is 372 Å². The number of aromatic nitrogens is 4. The summed E-state index contributed by atoms with van der Waals surface area (Å²) in [6.45, 7) is 3.06. The van der Waals surface area contributed by atoms with Gasteiger partial charge in [-0.05, 0) is 234 Å². The Labute approximate surface area is 573 Å². The molecule has 0 unspecified atom stereocenters. The van der Waals surface area contributed by atoms with Crippen molar-refractivity contribution in [3.8, 4) is 89.5 Å². The van der Waals surface area contributed by atoms with Gasteiger partial charge < -0.3 is 9.13 Å². The minimum atomic E-state index is -0.401. The zero-order chi connectivity index (χ0) is 65.2. The quantitative estimate of drug-likeness (QED) is 0.172. The van der Waals surface area contributed by atoms with Gasteiger partial charge in [0.05, 0.1) is 32.9 Å². The molecule has 0 saturated heterocycles. The van der Waals surface area contributed by atoms with E-state index in [2.05, 4.69) is 351 Å². The van der Waals surface area contributed by atoms with E-state index in [9.17, 15) is 0 Å². The Bertz CT molecular complexity index is 6420. The molecule has 0 atom stereocenters. The average Bonchev–Trinajstić information content (AvgIpc) is 1.51. The maximum Gasteiger partial charge on any atom is 0.141 e. The van der Waals surface area contributed by atoms with Crippen LogP contribution in [0.15, 0.2) is 328 Å². The first-order valence-electron chi connectivity index (χ1n) is 34.6. The fourth-order valence-corrected chi connectivity index (χ4v) is 18.4. The highest BCUT2D eigenvalue weighted by molar-refractivity contribution is 6.09. The maximum absolute atomic E-state index is 5.06. The highest BCUT2D eigenvalue weighted by Crippen LogP contribution is 2.66. The number of rotatable bonds is 5. The van der Waals surface area contributed by atoms with Crippen LogP contribution in [-0.4, -0.2) is 19.1 Å². The van der Waals surface area contributed by atoms with Crippen molar-refractivity contribution < 1.29 is 0 Å². The largest absolute Gasteiger partial charge is 0.327 e. The molecular formula is C95H62N4. The van der Waals surface area contributed by atoms with Gasteiger partial charge in [-0.2, -0.15) is 0 Å². The van der Waals surface area contributed by atoms with E-state index in [1.165, 1.54) is 160 Å². The van der Waals surface area contributed by atoms with Crippen LogP contribution in [0.4, 0.5) is 0 Å². The molecule has 99 heavy (non-hydrogen) atoms. The molecule has 0 fully saturated rings. The fraction of sp³-hybridized carbons (Fsp3) is 0.0526. The van der Waals surface area contributed by atoms with Crippen LogP contribution in [0.25, 0.3) is 155 Å². The smallest absolute Gasteiger partial charge is 0.141 e. The fourth-order valence-electron chi connectivity index (χ4n) is 18.4. The summed E-state index contributed by atoms with van der Waals surface area (Å²) in [4.78, 5) is 10.0. The van der Waals surface area contributed by atoms with Crippen LogP contribution in [0.3, 0.4) is 0 Å². The third-order valence-electron chi connectivity index (χ3n) is 22.5. The number of hydrogen-bond donors (Lipinski definition) is 0. The second kappa shape index (κ2) is 21.0. The van der Waals surface area contributed by atoms with Crippen molar-refractivity contribution in [2.75, 3.05) is 0 Å². The monoisotopic (exact) mass is 1260 g/mol. The van der Waals surface area contributed by atoms with E-state index < -0.39 is 10.8 Å². The lowest BCUT2D eigenvalue weighted by molar-refractivity contribution is 0.796. The average molecular weight is 1260 g/mol. The number of nitrogens with zero attached hydrogens (tertiary/aromatic N) is 4. The van der Waals surface area contributed by atoms with Gasteiger partial charge in [0, 0.05) is 24.7 Å². The second-order valence-electron chi connectivity index (χ2n) is 27.3. The summed E-state index contributed by atoms with van der Waals surface area (Å²) in [6, 6.07) is 122. The Hall–Kier alpha value is -12.5. The first-order chi connectivity index (χ1) is 48.9. The molecule has 4 nitrogen and oxygen atoms in total. The molecule has 4 heteroatoms. The third-order valence-corrected chi connectivity index (χ3v) is 22.5. The van der Waals surface area contributed by atoms with Crippen LogP contribution in [0.2, 0.25) is 0 Å². The Morgan fingerprint density at radius 1 is 0.263 bits per heavy atom. The van der Waals surface area contributed by atoms with Crippen molar-refractivity contribution in [1.82, 2.24) is 19.1 Å². The lowest BCUT2D eigenvalue weighted by Gasteiger charge is -2.31. The molecular weight excluding hydrogens is 1200 g/mol. The standard InChI is InChI=1S/C48H32N2.C47H30N2/c1-2-50-45-21-10-9-20-44(45)49-47(50)34-14-11-13-31(26-34)32-22-23-33-28-40-39-25-24-30-12-3-4-15-36(30)46(39)48(43(40)29-35(33)27-32)41-18-7-5-16-37(41)38-17-6-8-19-42(38)48;1-49-44-20-9-8-19-43(44)48-46(49)33-13-10-12-30(25-33)31-21-22-32-27-39-38-24-23-29-11-2-3-14-35(29)45(38)47(42(39)28-34(32)26-31)40-17-6-4-15-36(40)37-16-5-7-18-41(37)47/h3-29H,2H2,1H3;2-28H,1H3. The highest BCUT2D eigenvalue weighted by Gasteiger charge is 2.54. The minimum absolute atomic E-state index is 0.400. The minimum Gasteiger partial charge on any atom is -0.327 e. The van der Waals surface area contributed by atoms with Crippen molar-refractivity contribution in [2.45, 2.75) is 24.3 Å². The van der Waals surface area contributed by atoms with E-state index in [0.29, 0.717) is 0 Å². The summed E-state index contributed by atoms with van der Waals surface area (Å²) in [6.07, 6.45) is 0. The molecule has 16 aromatic carbocycles. The van der Waals surface area contributed by atoms with E-state index in [0.717, 1.165) is 45.9 Å². The molecule has 18 aromatic rings. The molecule has 0 radical (unpaired) electrons. The van der Waals surface area contributed by atoms with Crippen LogP contribution in [-0.2, 0) is 24.4 Å². The van der Waals surface area contributed by atoms with Crippen molar-refractivity contribution in [1.29, 1.82) is 0 Å². The normalized spacial score (nSPS) is 13.6. The van der Waals surface area contributed by atoms with Gasteiger partial charge in [-0.25, -0.2) is 9.97 Å². The predicted molar refractivity (Wildman–Crippen MR) is 410 cm³/mol. The van der Waals surface area contributed by atoms with Gasteiger partial charge in [0.15, 0.2) is 0 Å². The first kappa shape index (κ1) is 55.8. The molecule has 2 spiro atoms. The van der Waals surface area contributed by atoms with Crippen LogP contribution >= 0.6 is 0 Å². The summed E-state index contributed by atoms with van der Waals surface area (Å²) < 4.78 is 4.51. The molecule has 0 saturated carbocycles. The van der Waals surface area contributed by atoms with E-state index in [-0.39, 0.29) is 0 Å². The summed E-state index contributed by atoms with van der Waals surface area (Å²) in [5.74, 6) is 1.99. The SMILES string of the molecule is CCn1c(-c2cccc(-c3ccc4cc5c(cc4c3)C3(c4ccccc4-c4ccccc43)c3c-5ccc4ccccc34)c2)nc2ccccc21.Cn1c(-c2cccc(-c3ccc4cc5c(cc4c3)C3(c4ccccc4-c4ccccc43)c3c-5ccc4ccccc34)c2)nc2ccccc21. The molecule has 4 aliphatic rings. The molecule has 2 aromatic heterocycles. The predicted octanol–water partition coefficient (Wildman–Crippen LogP) is 23.6. The van der Waals surface area contributed by atoms with Crippen LogP contribution in [0, 0.1) is 0 Å². The number of benzene rings is 16. The first-order valence-corrected chi connectivity index (χ1v) is 34.6. The molecule has 2 heterocycles. The topological polar surface area (TPSA) is 35.6 Å². The van der Waals surface area contributed by atoms with Crippen LogP contribution in [0.1, 0.15) is 51.4 Å². The van der Waals surface area contributed by atoms with Crippen molar-refractivity contribution in [3.63, 3.8) is 0 Å². The molecule has 0 amide bonds. The van der Waals surface area contributed by atoms with Gasteiger partial charge in [-0.1, -0.05) is 255 Å². The van der Waals surface area contributed by atoms with Crippen molar-refractivity contribution >= 4 is 65.2 Å². The molecule has 0 N–H and O–H groups in total. The molecule has 0 aliphatic heterocycles. The summed E-state index contributed by atoms with van der Waals surface area (Å²) in [5.41, 5.74) is 32.3. The Kier molecular flexibility index (Phi) is 11.8. The zero-order valence-corrected chi connectivity index (χ0v) is 54.7. The Morgan fingerprint density at radius 2 is 0.646 bits per heavy atom. The number of imidazole rings is 2. The summed E-state index contributed by atoms with van der Waals surface area (Å²) >= 11 is 0. The highest BCUT2D eigenvalue weighted by atomic mass is 15.1. The van der Waals surface area contributed by atoms with E-state index >= 15 is 0 Å². The van der Waals surface area contributed by atoms with Gasteiger partial charge in [0.2, 0.25) is 0 Å². The second-order valence-corrected chi connectivity index (χ2v) is 27.3. The summed E-state index contributed by atoms with van der Waals surface area (Å²) in [7, 11) is 2.10. The van der Waals surface area contributed by atoms with E-state index in [1.54, 1.807) is 0 Å². The number of para-hydroxylation sites is 4. The van der Waals surface area contributed by atoms with Crippen LogP contribution < -0.4 is 0 Å². The van der Waals surface area contributed by atoms with E-state index in [4.69, 9.17) is 9.97 Å². The zero-order valence-electron chi connectivity index (χ0n) is 54.7. The third kappa shape index (κ3) is 7.74. The molecule has 462 valence electrons. The number of fused-ring (bicyclic) bond motifs is 28. The van der Waals surface area contributed by atoms with Gasteiger partial charge in [0.1, 0.15) is 11.6 Å². The lowest BCUT2D eigenvalue weighted by atomic mass is 9.69. The number of hydrogen-bond acceptors (Lipinski definition) is 2. The molecule has 0 bridgehead atoms. The number of aryl methyl sites for hydroxylation is 2. The Balaban J connectivity index is 0.000000130. The van der Waals surface area contributed by atoms with Gasteiger partial charge in [0.25, 0.3) is 0 Å². The lowest BCUT2D eigenvalue weighted by Crippen LogP contribution is -2.26.